The molecule has 3 rings (SSSR count). The van der Waals surface area contributed by atoms with Crippen molar-refractivity contribution in [2.45, 2.75) is 20.8 Å². The molecule has 1 aliphatic heterocycles. The van der Waals surface area contributed by atoms with E-state index in [9.17, 15) is 4.79 Å². The highest BCUT2D eigenvalue weighted by Crippen LogP contribution is 2.24. The average molecular weight is 321 g/mol. The van der Waals surface area contributed by atoms with Crippen molar-refractivity contribution in [2.75, 3.05) is 7.11 Å². The van der Waals surface area contributed by atoms with Crippen molar-refractivity contribution in [2.24, 2.45) is 4.99 Å². The summed E-state index contributed by atoms with van der Waals surface area (Å²) in [5.74, 6) is 0.627. The minimum atomic E-state index is -0.430. The van der Waals surface area contributed by atoms with Crippen LogP contribution in [0.1, 0.15) is 27.8 Å². The number of carbonyl (C=O) groups excluding carboxylic acids is 1. The van der Waals surface area contributed by atoms with Gasteiger partial charge in [-0.25, -0.2) is 9.79 Å². The topological polar surface area (TPSA) is 47.9 Å². The first-order valence-electron chi connectivity index (χ1n) is 7.73. The second-order valence-corrected chi connectivity index (χ2v) is 5.88. The predicted octanol–water partition coefficient (Wildman–Crippen LogP) is 3.96. The summed E-state index contributed by atoms with van der Waals surface area (Å²) in [4.78, 5) is 16.5. The van der Waals surface area contributed by atoms with E-state index in [1.54, 1.807) is 13.2 Å². The molecule has 0 fully saturated rings. The van der Waals surface area contributed by atoms with Crippen molar-refractivity contribution in [3.8, 4) is 5.75 Å². The number of nitrogens with zero attached hydrogens (tertiary/aromatic N) is 1. The third-order valence-corrected chi connectivity index (χ3v) is 3.98. The van der Waals surface area contributed by atoms with Gasteiger partial charge in [-0.2, -0.15) is 0 Å². The van der Waals surface area contributed by atoms with Crippen molar-refractivity contribution in [3.63, 3.8) is 0 Å². The van der Waals surface area contributed by atoms with Gasteiger partial charge in [0, 0.05) is 5.56 Å². The van der Waals surface area contributed by atoms with Crippen LogP contribution in [0.3, 0.4) is 0 Å². The van der Waals surface area contributed by atoms with E-state index < -0.39 is 5.97 Å². The first kappa shape index (κ1) is 16.0. The summed E-state index contributed by atoms with van der Waals surface area (Å²) in [5.41, 5.74) is 5.48. The fourth-order valence-corrected chi connectivity index (χ4v) is 2.82. The van der Waals surface area contributed by atoms with Crippen molar-refractivity contribution in [1.29, 1.82) is 0 Å². The number of cyclic esters (lactones) is 1. The molecule has 0 saturated carbocycles. The summed E-state index contributed by atoms with van der Waals surface area (Å²) in [7, 11) is 1.61. The Balaban J connectivity index is 1.97. The maximum absolute atomic E-state index is 12.1. The van der Waals surface area contributed by atoms with Crippen LogP contribution < -0.4 is 4.74 Å². The maximum Gasteiger partial charge on any atom is 0.363 e. The Hall–Kier alpha value is -2.88. The number of ether oxygens (including phenoxy) is 2. The largest absolute Gasteiger partial charge is 0.497 e. The number of aliphatic imine (C=N–C) groups is 1. The fourth-order valence-electron chi connectivity index (χ4n) is 2.82. The molecule has 122 valence electrons. The number of aryl methyl sites for hydroxylation is 3. The van der Waals surface area contributed by atoms with Crippen molar-refractivity contribution >= 4 is 17.9 Å². The summed E-state index contributed by atoms with van der Waals surface area (Å²) in [6.07, 6.45) is 1.79. The Morgan fingerprint density at radius 2 is 1.67 bits per heavy atom. The van der Waals surface area contributed by atoms with Gasteiger partial charge in [0.1, 0.15) is 5.75 Å². The Bertz CT molecular complexity index is 838. The summed E-state index contributed by atoms with van der Waals surface area (Å²) in [5, 5.41) is 0. The van der Waals surface area contributed by atoms with Gasteiger partial charge in [0.2, 0.25) is 5.90 Å². The molecule has 2 aromatic carbocycles. The van der Waals surface area contributed by atoms with Crippen LogP contribution in [0.25, 0.3) is 6.08 Å². The minimum Gasteiger partial charge on any atom is -0.497 e. The lowest BCUT2D eigenvalue weighted by Gasteiger charge is -2.07. The maximum atomic E-state index is 12.1. The third kappa shape index (κ3) is 3.08. The van der Waals surface area contributed by atoms with E-state index in [1.807, 2.05) is 38.1 Å². The zero-order chi connectivity index (χ0) is 17.3. The van der Waals surface area contributed by atoms with Gasteiger partial charge < -0.3 is 9.47 Å². The van der Waals surface area contributed by atoms with E-state index in [0.717, 1.165) is 28.0 Å². The molecular formula is C20H19NO3. The molecule has 24 heavy (non-hydrogen) atoms. The Kier molecular flexibility index (Phi) is 4.21. The standard InChI is InChI=1S/C20H19NO3/c1-12-9-13(2)17(14(3)10-12)11-18-20(22)24-19(21-18)15-5-7-16(23-4)8-6-15/h5-11H,1-4H3/b18-11-. The van der Waals surface area contributed by atoms with E-state index in [0.29, 0.717) is 11.6 Å². The predicted molar refractivity (Wildman–Crippen MR) is 94.3 cm³/mol. The monoisotopic (exact) mass is 321 g/mol. The van der Waals surface area contributed by atoms with Gasteiger partial charge in [-0.1, -0.05) is 17.7 Å². The van der Waals surface area contributed by atoms with Gasteiger partial charge in [-0.05, 0) is 67.8 Å². The van der Waals surface area contributed by atoms with Crippen LogP contribution in [-0.4, -0.2) is 19.0 Å². The average Bonchev–Trinajstić information content (AvgIpc) is 2.92. The quantitative estimate of drug-likeness (QED) is 0.635. The van der Waals surface area contributed by atoms with Gasteiger partial charge in [-0.3, -0.25) is 0 Å². The molecule has 0 spiro atoms. The van der Waals surface area contributed by atoms with E-state index in [4.69, 9.17) is 9.47 Å². The molecular weight excluding hydrogens is 302 g/mol. The number of esters is 1. The molecule has 0 saturated heterocycles. The van der Waals surface area contributed by atoms with Gasteiger partial charge >= 0.3 is 5.97 Å². The van der Waals surface area contributed by atoms with Crippen LogP contribution in [-0.2, 0) is 9.53 Å². The van der Waals surface area contributed by atoms with Crippen molar-refractivity contribution < 1.29 is 14.3 Å². The van der Waals surface area contributed by atoms with E-state index in [2.05, 4.69) is 24.0 Å². The highest BCUT2D eigenvalue weighted by Gasteiger charge is 2.24. The number of rotatable bonds is 3. The molecule has 0 N–H and O–H groups in total. The van der Waals surface area contributed by atoms with Crippen LogP contribution in [0, 0.1) is 20.8 Å². The zero-order valence-electron chi connectivity index (χ0n) is 14.2. The van der Waals surface area contributed by atoms with Crippen LogP contribution in [0.5, 0.6) is 5.75 Å². The molecule has 1 heterocycles. The lowest BCUT2D eigenvalue weighted by molar-refractivity contribution is -0.129. The lowest BCUT2D eigenvalue weighted by Crippen LogP contribution is -2.05. The number of hydrogen-bond donors (Lipinski definition) is 0. The SMILES string of the molecule is COc1ccc(C2=N/C(=C\c3c(C)cc(C)cc3C)C(=O)O2)cc1. The summed E-state index contributed by atoms with van der Waals surface area (Å²) in [6.45, 7) is 6.11. The summed E-state index contributed by atoms with van der Waals surface area (Å²) < 4.78 is 10.4. The van der Waals surface area contributed by atoms with Crippen molar-refractivity contribution in [3.05, 3.63) is 69.9 Å². The molecule has 1 aliphatic rings. The zero-order valence-corrected chi connectivity index (χ0v) is 14.2. The highest BCUT2D eigenvalue weighted by molar-refractivity contribution is 6.13. The molecule has 0 amide bonds. The molecule has 0 atom stereocenters. The van der Waals surface area contributed by atoms with Gasteiger partial charge in [-0.15, -0.1) is 0 Å². The molecule has 0 aliphatic carbocycles. The van der Waals surface area contributed by atoms with E-state index >= 15 is 0 Å². The molecule has 0 aromatic heterocycles. The molecule has 4 heteroatoms. The molecule has 0 bridgehead atoms. The number of benzene rings is 2. The number of hydrogen-bond acceptors (Lipinski definition) is 4. The van der Waals surface area contributed by atoms with Gasteiger partial charge in [0.25, 0.3) is 0 Å². The van der Waals surface area contributed by atoms with Crippen LogP contribution >= 0.6 is 0 Å². The summed E-state index contributed by atoms with van der Waals surface area (Å²) in [6, 6.07) is 11.4. The second-order valence-electron chi connectivity index (χ2n) is 5.88. The first-order valence-corrected chi connectivity index (χ1v) is 7.73. The Morgan fingerprint density at radius 3 is 2.25 bits per heavy atom. The van der Waals surface area contributed by atoms with Crippen LogP contribution in [0.15, 0.2) is 47.1 Å². The summed E-state index contributed by atoms with van der Waals surface area (Å²) >= 11 is 0. The van der Waals surface area contributed by atoms with E-state index in [1.165, 1.54) is 5.56 Å². The number of carbonyl (C=O) groups is 1. The second kappa shape index (κ2) is 6.32. The van der Waals surface area contributed by atoms with Crippen LogP contribution in [0.4, 0.5) is 0 Å². The Labute approximate surface area is 141 Å². The molecule has 2 aromatic rings. The van der Waals surface area contributed by atoms with Crippen LogP contribution in [0.2, 0.25) is 0 Å². The normalized spacial score (nSPS) is 15.4. The highest BCUT2D eigenvalue weighted by atomic mass is 16.6. The van der Waals surface area contributed by atoms with E-state index in [-0.39, 0.29) is 0 Å². The minimum absolute atomic E-state index is 0.316. The molecule has 0 radical (unpaired) electrons. The first-order chi connectivity index (χ1) is 11.5. The fraction of sp³-hybridized carbons (Fsp3) is 0.200. The van der Waals surface area contributed by atoms with Crippen molar-refractivity contribution in [1.82, 2.24) is 0 Å². The Morgan fingerprint density at radius 1 is 1.04 bits per heavy atom. The lowest BCUT2D eigenvalue weighted by atomic mass is 9.99. The van der Waals surface area contributed by atoms with Gasteiger partial charge in [0.15, 0.2) is 5.70 Å². The molecule has 4 nitrogen and oxygen atoms in total. The van der Waals surface area contributed by atoms with Gasteiger partial charge in [0.05, 0.1) is 7.11 Å². The third-order valence-electron chi connectivity index (χ3n) is 3.98. The molecule has 0 unspecified atom stereocenters. The number of methoxy groups -OCH3 is 1. The smallest absolute Gasteiger partial charge is 0.363 e.